The van der Waals surface area contributed by atoms with E-state index in [1.54, 1.807) is 13.8 Å². The highest BCUT2D eigenvalue weighted by molar-refractivity contribution is 5.66. The van der Waals surface area contributed by atoms with Crippen molar-refractivity contribution >= 4 is 5.97 Å². The van der Waals surface area contributed by atoms with Crippen LogP contribution in [0.5, 0.6) is 0 Å². The van der Waals surface area contributed by atoms with Crippen molar-refractivity contribution in [1.29, 1.82) is 0 Å². The van der Waals surface area contributed by atoms with Gasteiger partial charge in [0.15, 0.2) is 6.29 Å². The highest BCUT2D eigenvalue weighted by Crippen LogP contribution is 2.89. The smallest absolute Gasteiger partial charge is 0.302 e. The van der Waals surface area contributed by atoms with Crippen molar-refractivity contribution in [3.63, 3.8) is 0 Å². The van der Waals surface area contributed by atoms with E-state index in [0.717, 1.165) is 38.5 Å². The predicted molar refractivity (Wildman–Crippen MR) is 177 cm³/mol. The van der Waals surface area contributed by atoms with E-state index in [1.807, 2.05) is 0 Å². The quantitative estimate of drug-likeness (QED) is 0.178. The first-order chi connectivity index (χ1) is 22.6. The van der Waals surface area contributed by atoms with E-state index in [2.05, 4.69) is 34.6 Å². The fraction of sp³-hybridized carbons (Fsp3) is 0.974. The summed E-state index contributed by atoms with van der Waals surface area (Å²) < 4.78 is 25.3. The number of esters is 1. The molecule has 2 aliphatic heterocycles. The second kappa shape index (κ2) is 11.3. The average molecular weight is 695 g/mol. The van der Waals surface area contributed by atoms with E-state index in [0.29, 0.717) is 19.3 Å². The van der Waals surface area contributed by atoms with Gasteiger partial charge in [0, 0.05) is 18.8 Å². The molecule has 0 radical (unpaired) electrons. The normalized spacial score (nSPS) is 56.3. The van der Waals surface area contributed by atoms with Gasteiger partial charge >= 0.3 is 5.97 Å². The van der Waals surface area contributed by atoms with Crippen LogP contribution in [-0.4, -0.2) is 110 Å². The lowest BCUT2D eigenvalue weighted by atomic mass is 9.41. The van der Waals surface area contributed by atoms with Crippen molar-refractivity contribution in [2.24, 2.45) is 44.8 Å². The molecular weight excluding hydrogens is 632 g/mol. The zero-order valence-corrected chi connectivity index (χ0v) is 30.7. The number of ether oxygens (including phenoxy) is 4. The maximum Gasteiger partial charge on any atom is 0.302 e. The molecule has 280 valence electrons. The average Bonchev–Trinajstić information content (AvgIpc) is 3.35. The maximum atomic E-state index is 12.8. The molecule has 17 atom stereocenters. The van der Waals surface area contributed by atoms with E-state index in [9.17, 15) is 35.4 Å². The minimum atomic E-state index is -1.52. The molecule has 11 heteroatoms. The number of carbonyl (C=O) groups is 1. The molecule has 0 aromatic carbocycles. The minimum Gasteiger partial charge on any atom is -0.462 e. The van der Waals surface area contributed by atoms with Crippen molar-refractivity contribution in [3.8, 4) is 0 Å². The molecule has 2 heterocycles. The minimum absolute atomic E-state index is 0.0258. The first-order valence-corrected chi connectivity index (χ1v) is 18.8. The Bertz CT molecular complexity index is 1310. The summed E-state index contributed by atoms with van der Waals surface area (Å²) >= 11 is 0. The predicted octanol–water partition coefficient (Wildman–Crippen LogP) is 2.83. The van der Waals surface area contributed by atoms with Crippen molar-refractivity contribution in [1.82, 2.24) is 0 Å². The largest absolute Gasteiger partial charge is 0.462 e. The molecule has 2 spiro atoms. The summed E-state index contributed by atoms with van der Waals surface area (Å²) in [5, 5.41) is 64.2. The number of aliphatic hydroxyl groups excluding tert-OH is 5. The SMILES string of the molecule is CC(=O)O[C@H]1C[C@@H]2[C@]3(CC[C@]4(C)[C@@H]([C@@]5(C)CC[C@@H](C(C)(C)O)O5)[C@@H](O)C[C@@]24C)C[C@@]32CC[C@H](O[C@@H]3O[C@H](CO)[C@@H](O)[C@H](O)[C@H]3O)C(C)(C)[C@H]12. The number of carbonyl (C=O) groups excluding carboxylic acids is 1. The van der Waals surface area contributed by atoms with E-state index >= 15 is 0 Å². The molecule has 5 aliphatic carbocycles. The van der Waals surface area contributed by atoms with Crippen LogP contribution >= 0.6 is 0 Å². The molecule has 0 amide bonds. The van der Waals surface area contributed by atoms with Gasteiger partial charge in [-0.15, -0.1) is 0 Å². The Morgan fingerprint density at radius 3 is 2.18 bits per heavy atom. The molecule has 0 unspecified atom stereocenters. The molecule has 0 aromatic heterocycles. The van der Waals surface area contributed by atoms with E-state index < -0.39 is 66.1 Å². The summed E-state index contributed by atoms with van der Waals surface area (Å²) in [5.74, 6) is -0.207. The third-order valence-corrected chi connectivity index (χ3v) is 16.2. The molecule has 0 bridgehead atoms. The lowest BCUT2D eigenvalue weighted by molar-refractivity contribution is -0.329. The van der Waals surface area contributed by atoms with Gasteiger partial charge in [-0.1, -0.05) is 27.7 Å². The molecule has 2 saturated heterocycles. The summed E-state index contributed by atoms with van der Waals surface area (Å²) in [7, 11) is 0. The Labute approximate surface area is 291 Å². The van der Waals surface area contributed by atoms with Gasteiger partial charge in [-0.2, -0.15) is 0 Å². The third-order valence-electron chi connectivity index (χ3n) is 16.2. The molecule has 6 N–H and O–H groups in total. The van der Waals surface area contributed by atoms with Gasteiger partial charge in [0.05, 0.1) is 36.1 Å². The van der Waals surface area contributed by atoms with Crippen LogP contribution in [-0.2, 0) is 23.7 Å². The summed E-state index contributed by atoms with van der Waals surface area (Å²) in [6, 6.07) is 0. The summed E-state index contributed by atoms with van der Waals surface area (Å²) in [5.41, 5.74) is -2.52. The highest BCUT2D eigenvalue weighted by atomic mass is 16.7. The molecular formula is C38H62O11. The fourth-order valence-electron chi connectivity index (χ4n) is 14.0. The zero-order chi connectivity index (χ0) is 35.9. The lowest BCUT2D eigenvalue weighted by Crippen LogP contribution is -2.64. The number of fused-ring (bicyclic) bond motifs is 2. The van der Waals surface area contributed by atoms with E-state index in [-0.39, 0.29) is 57.6 Å². The van der Waals surface area contributed by atoms with Gasteiger partial charge in [0.2, 0.25) is 0 Å². The second-order valence-electron chi connectivity index (χ2n) is 19.3. The Morgan fingerprint density at radius 1 is 0.878 bits per heavy atom. The fourth-order valence-corrected chi connectivity index (χ4v) is 14.0. The maximum absolute atomic E-state index is 12.8. The van der Waals surface area contributed by atoms with Crippen molar-refractivity contribution < 1.29 is 54.4 Å². The Hall–Kier alpha value is -0.890. The summed E-state index contributed by atoms with van der Waals surface area (Å²) in [4.78, 5) is 12.8. The molecule has 7 fully saturated rings. The van der Waals surface area contributed by atoms with Gasteiger partial charge in [0.1, 0.15) is 30.5 Å². The van der Waals surface area contributed by atoms with E-state index in [4.69, 9.17) is 18.9 Å². The van der Waals surface area contributed by atoms with Crippen LogP contribution in [0, 0.1) is 44.8 Å². The van der Waals surface area contributed by atoms with Crippen LogP contribution in [0.1, 0.15) is 113 Å². The Morgan fingerprint density at radius 2 is 1.57 bits per heavy atom. The van der Waals surface area contributed by atoms with Crippen LogP contribution in [0.15, 0.2) is 0 Å². The second-order valence-corrected chi connectivity index (χ2v) is 19.3. The van der Waals surface area contributed by atoms with Gasteiger partial charge < -0.3 is 49.6 Å². The van der Waals surface area contributed by atoms with Crippen LogP contribution < -0.4 is 0 Å². The van der Waals surface area contributed by atoms with Gasteiger partial charge in [-0.3, -0.25) is 4.79 Å². The Balaban J connectivity index is 1.20. The number of aliphatic hydroxyl groups is 6. The van der Waals surface area contributed by atoms with Crippen LogP contribution in [0.3, 0.4) is 0 Å². The summed E-state index contributed by atoms with van der Waals surface area (Å²) in [6.45, 7) is 15.7. The van der Waals surface area contributed by atoms with Crippen molar-refractivity contribution in [2.45, 2.75) is 180 Å². The Kier molecular flexibility index (Phi) is 8.42. The van der Waals surface area contributed by atoms with Crippen molar-refractivity contribution in [2.75, 3.05) is 6.61 Å². The third kappa shape index (κ3) is 4.88. The van der Waals surface area contributed by atoms with Crippen molar-refractivity contribution in [3.05, 3.63) is 0 Å². The molecule has 5 saturated carbocycles. The molecule has 7 aliphatic rings. The number of hydrogen-bond donors (Lipinski definition) is 6. The first-order valence-electron chi connectivity index (χ1n) is 18.8. The highest BCUT2D eigenvalue weighted by Gasteiger charge is 2.85. The molecule has 7 rings (SSSR count). The lowest BCUT2D eigenvalue weighted by Gasteiger charge is -2.65. The van der Waals surface area contributed by atoms with Crippen LogP contribution in [0.4, 0.5) is 0 Å². The topological polar surface area (TPSA) is 175 Å². The van der Waals surface area contributed by atoms with Gasteiger partial charge in [-0.05, 0) is 112 Å². The van der Waals surface area contributed by atoms with Gasteiger partial charge in [0.25, 0.3) is 0 Å². The number of hydrogen-bond acceptors (Lipinski definition) is 11. The number of rotatable bonds is 6. The standard InChI is InChI=1S/C38H62O11/c1-19(40)46-21-15-23-35(7)16-20(41)29(36(8)11-9-25(49-36)33(4,5)45)34(35,6)13-14-37(23)18-38(37)12-10-24(32(2,3)30(21)38)48-31-28(44)27(43)26(42)22(17-39)47-31/h20-31,39,41-45H,9-18H2,1-8H3/t20-,21-,22+,23-,24-,25-,26+,27-,28+,29-,30-,31-,34+,35-,36+,37-,38+/m0/s1. The summed E-state index contributed by atoms with van der Waals surface area (Å²) in [6.07, 6.45) is -0.915. The van der Waals surface area contributed by atoms with E-state index in [1.165, 1.54) is 6.92 Å². The van der Waals surface area contributed by atoms with Gasteiger partial charge in [-0.25, -0.2) is 0 Å². The molecule has 49 heavy (non-hydrogen) atoms. The first kappa shape index (κ1) is 36.5. The monoisotopic (exact) mass is 694 g/mol. The van der Waals surface area contributed by atoms with Crippen LogP contribution in [0.25, 0.3) is 0 Å². The zero-order valence-electron chi connectivity index (χ0n) is 30.7. The molecule has 0 aromatic rings. The van der Waals surface area contributed by atoms with Crippen LogP contribution in [0.2, 0.25) is 0 Å². The molecule has 11 nitrogen and oxygen atoms in total.